The standard InChI is InChI=1S/C24H23ClO4/c1-6-15-7-9-17-19(11-15)21(28-23(26)13(2)3)18-10-8-16(25)12-20(18)22(17)29-24(27)14(4)5/h7-8,10,12H,2,4,6,9,11H2,1,3,5H3. The summed E-state index contributed by atoms with van der Waals surface area (Å²) in [5.74, 6) is -0.103. The molecule has 0 atom stereocenters. The molecule has 0 saturated carbocycles. The summed E-state index contributed by atoms with van der Waals surface area (Å²) >= 11 is 6.24. The Bertz CT molecular complexity index is 1090. The van der Waals surface area contributed by atoms with Crippen molar-refractivity contribution in [1.29, 1.82) is 0 Å². The third-order valence-corrected chi connectivity index (χ3v) is 5.16. The fourth-order valence-electron chi connectivity index (χ4n) is 3.31. The first-order valence-corrected chi connectivity index (χ1v) is 9.81. The van der Waals surface area contributed by atoms with Gasteiger partial charge in [0.1, 0.15) is 11.5 Å². The van der Waals surface area contributed by atoms with Gasteiger partial charge in [-0.3, -0.25) is 0 Å². The lowest BCUT2D eigenvalue weighted by molar-refractivity contribution is -0.131. The fourth-order valence-corrected chi connectivity index (χ4v) is 3.48. The molecule has 1 aliphatic rings. The van der Waals surface area contributed by atoms with E-state index in [9.17, 15) is 9.59 Å². The van der Waals surface area contributed by atoms with Crippen molar-refractivity contribution in [3.8, 4) is 11.5 Å². The number of hydrogen-bond acceptors (Lipinski definition) is 4. The summed E-state index contributed by atoms with van der Waals surface area (Å²) in [5, 5.41) is 1.76. The number of benzene rings is 2. The zero-order valence-electron chi connectivity index (χ0n) is 16.9. The Balaban J connectivity index is 2.33. The molecule has 0 radical (unpaired) electrons. The molecule has 29 heavy (non-hydrogen) atoms. The Hall–Kier alpha value is -2.85. The van der Waals surface area contributed by atoms with Crippen LogP contribution >= 0.6 is 11.6 Å². The number of carbonyl (C=O) groups excluding carboxylic acids is 2. The molecule has 0 heterocycles. The molecule has 0 unspecified atom stereocenters. The van der Waals surface area contributed by atoms with Gasteiger partial charge in [0.15, 0.2) is 0 Å². The lowest BCUT2D eigenvalue weighted by atomic mass is 9.86. The van der Waals surface area contributed by atoms with Crippen molar-refractivity contribution in [2.45, 2.75) is 40.0 Å². The van der Waals surface area contributed by atoms with Gasteiger partial charge in [0.05, 0.1) is 0 Å². The molecule has 5 heteroatoms. The molecule has 0 saturated heterocycles. The molecule has 0 aliphatic heterocycles. The van der Waals surface area contributed by atoms with Gasteiger partial charge in [-0.15, -0.1) is 0 Å². The van der Waals surface area contributed by atoms with Crippen LogP contribution < -0.4 is 9.47 Å². The maximum Gasteiger partial charge on any atom is 0.338 e. The Labute approximate surface area is 175 Å². The molecule has 150 valence electrons. The lowest BCUT2D eigenvalue weighted by Gasteiger charge is -2.24. The molecule has 0 aromatic heterocycles. The number of carbonyl (C=O) groups is 2. The third kappa shape index (κ3) is 4.13. The summed E-state index contributed by atoms with van der Waals surface area (Å²) in [6, 6.07) is 5.22. The van der Waals surface area contributed by atoms with E-state index in [1.807, 2.05) is 0 Å². The van der Waals surface area contributed by atoms with E-state index < -0.39 is 11.9 Å². The van der Waals surface area contributed by atoms with E-state index >= 15 is 0 Å². The Morgan fingerprint density at radius 3 is 2.14 bits per heavy atom. The first-order chi connectivity index (χ1) is 13.7. The molecule has 0 bridgehead atoms. The van der Waals surface area contributed by atoms with Gasteiger partial charge < -0.3 is 9.47 Å². The molecule has 2 aromatic rings. The number of esters is 2. The van der Waals surface area contributed by atoms with E-state index in [-0.39, 0.29) is 0 Å². The molecule has 4 nitrogen and oxygen atoms in total. The molecule has 3 rings (SSSR count). The number of fused-ring (bicyclic) bond motifs is 2. The molecule has 2 aromatic carbocycles. The molecule has 0 spiro atoms. The Kier molecular flexibility index (Phi) is 5.94. The van der Waals surface area contributed by atoms with Crippen molar-refractivity contribution < 1.29 is 19.1 Å². The SMILES string of the molecule is C=C(C)C(=O)Oc1c2c(c(OC(=O)C(=C)C)c3ccc(Cl)cc13)CC(CC)=CC2. The van der Waals surface area contributed by atoms with Crippen molar-refractivity contribution in [3.05, 3.63) is 70.3 Å². The van der Waals surface area contributed by atoms with Crippen LogP contribution in [0.3, 0.4) is 0 Å². The van der Waals surface area contributed by atoms with Crippen LogP contribution in [0, 0.1) is 0 Å². The van der Waals surface area contributed by atoms with Gasteiger partial charge in [-0.1, -0.05) is 43.3 Å². The van der Waals surface area contributed by atoms with Gasteiger partial charge in [-0.25, -0.2) is 9.59 Å². The first kappa shape index (κ1) is 20.9. The quantitative estimate of drug-likeness (QED) is 0.267. The van der Waals surface area contributed by atoms with Gasteiger partial charge in [0.25, 0.3) is 0 Å². The molecule has 0 fully saturated rings. The average Bonchev–Trinajstić information content (AvgIpc) is 2.69. The number of rotatable bonds is 5. The second-order valence-corrected chi connectivity index (χ2v) is 7.68. The number of ether oxygens (including phenoxy) is 2. The van der Waals surface area contributed by atoms with Crippen LogP contribution in [0.1, 0.15) is 38.3 Å². The number of halogens is 1. The van der Waals surface area contributed by atoms with Gasteiger partial charge >= 0.3 is 11.9 Å². The highest BCUT2D eigenvalue weighted by molar-refractivity contribution is 6.31. The minimum Gasteiger partial charge on any atom is -0.422 e. The second kappa shape index (κ2) is 8.26. The van der Waals surface area contributed by atoms with Gasteiger partial charge in [-0.2, -0.15) is 0 Å². The normalized spacial score (nSPS) is 12.8. The zero-order valence-corrected chi connectivity index (χ0v) is 17.6. The van der Waals surface area contributed by atoms with Crippen LogP contribution in [0.2, 0.25) is 5.02 Å². The Morgan fingerprint density at radius 1 is 1.00 bits per heavy atom. The van der Waals surface area contributed by atoms with Crippen LogP contribution in [-0.4, -0.2) is 11.9 Å². The van der Waals surface area contributed by atoms with Crippen LogP contribution in [0.4, 0.5) is 0 Å². The third-order valence-electron chi connectivity index (χ3n) is 4.92. The van der Waals surface area contributed by atoms with Crippen molar-refractivity contribution in [1.82, 2.24) is 0 Å². The molecular formula is C24H23ClO4. The van der Waals surface area contributed by atoms with Gasteiger partial charge in [0, 0.05) is 38.1 Å². The van der Waals surface area contributed by atoms with E-state index in [4.69, 9.17) is 21.1 Å². The monoisotopic (exact) mass is 410 g/mol. The first-order valence-electron chi connectivity index (χ1n) is 9.43. The van der Waals surface area contributed by atoms with Crippen LogP contribution in [0.15, 0.2) is 54.2 Å². The largest absolute Gasteiger partial charge is 0.422 e. The second-order valence-electron chi connectivity index (χ2n) is 7.24. The van der Waals surface area contributed by atoms with Crippen LogP contribution in [0.5, 0.6) is 11.5 Å². The summed E-state index contributed by atoms with van der Waals surface area (Å²) in [7, 11) is 0. The predicted molar refractivity (Wildman–Crippen MR) is 116 cm³/mol. The molecule has 0 N–H and O–H groups in total. The van der Waals surface area contributed by atoms with Crippen molar-refractivity contribution in [3.63, 3.8) is 0 Å². The number of hydrogen-bond donors (Lipinski definition) is 0. The molecular weight excluding hydrogens is 388 g/mol. The highest BCUT2D eigenvalue weighted by atomic mass is 35.5. The van der Waals surface area contributed by atoms with E-state index in [2.05, 4.69) is 26.2 Å². The predicted octanol–water partition coefficient (Wildman–Crippen LogP) is 5.89. The summed E-state index contributed by atoms with van der Waals surface area (Å²) in [6.45, 7) is 12.6. The van der Waals surface area contributed by atoms with Crippen molar-refractivity contribution in [2.75, 3.05) is 0 Å². The summed E-state index contributed by atoms with van der Waals surface area (Å²) in [4.78, 5) is 24.7. The van der Waals surface area contributed by atoms with Gasteiger partial charge in [0.2, 0.25) is 0 Å². The summed E-state index contributed by atoms with van der Waals surface area (Å²) in [6.07, 6.45) is 4.19. The van der Waals surface area contributed by atoms with E-state index in [0.717, 1.165) is 17.5 Å². The maximum absolute atomic E-state index is 12.4. The smallest absolute Gasteiger partial charge is 0.338 e. The minimum atomic E-state index is -0.509. The van der Waals surface area contributed by atoms with E-state index in [1.165, 1.54) is 5.57 Å². The average molecular weight is 411 g/mol. The van der Waals surface area contributed by atoms with Crippen LogP contribution in [-0.2, 0) is 22.4 Å². The fraction of sp³-hybridized carbons (Fsp3) is 0.250. The summed E-state index contributed by atoms with van der Waals surface area (Å²) < 4.78 is 11.5. The lowest BCUT2D eigenvalue weighted by Crippen LogP contribution is -2.16. The van der Waals surface area contributed by atoms with Crippen molar-refractivity contribution in [2.24, 2.45) is 0 Å². The van der Waals surface area contributed by atoms with E-state index in [1.54, 1.807) is 32.0 Å². The van der Waals surface area contributed by atoms with Crippen molar-refractivity contribution >= 4 is 34.3 Å². The highest BCUT2D eigenvalue weighted by Gasteiger charge is 2.27. The minimum absolute atomic E-state index is 0.298. The topological polar surface area (TPSA) is 52.6 Å². The number of allylic oxidation sites excluding steroid dienone is 2. The highest BCUT2D eigenvalue weighted by Crippen LogP contribution is 2.45. The molecule has 1 aliphatic carbocycles. The maximum atomic E-state index is 12.4. The van der Waals surface area contributed by atoms with E-state index in [0.29, 0.717) is 51.3 Å². The van der Waals surface area contributed by atoms with Gasteiger partial charge in [-0.05, 0) is 51.3 Å². The Morgan fingerprint density at radius 2 is 1.59 bits per heavy atom. The zero-order chi connectivity index (χ0) is 21.3. The summed E-state index contributed by atoms with van der Waals surface area (Å²) in [5.41, 5.74) is 3.50. The van der Waals surface area contributed by atoms with Crippen LogP contribution in [0.25, 0.3) is 10.8 Å². The molecule has 0 amide bonds.